The number of methoxy groups -OCH3 is 1. The average Bonchev–Trinajstić information content (AvgIpc) is 2.79. The van der Waals surface area contributed by atoms with Crippen LogP contribution in [0.5, 0.6) is 5.75 Å². The maximum atomic E-state index is 9.75. The monoisotopic (exact) mass is 278 g/mol. The second kappa shape index (κ2) is 6.74. The Hall–Kier alpha value is -1.56. The summed E-state index contributed by atoms with van der Waals surface area (Å²) in [7, 11) is 5.53. The number of fused-ring (bicyclic) bond motifs is 1. The molecule has 0 aliphatic carbocycles. The predicted molar refractivity (Wildman–Crippen MR) is 79.0 cm³/mol. The smallest absolute Gasteiger partial charge is 0.134 e. The van der Waals surface area contributed by atoms with E-state index in [0.717, 1.165) is 22.5 Å². The van der Waals surface area contributed by atoms with E-state index in [4.69, 9.17) is 9.15 Å². The first-order valence-corrected chi connectivity index (χ1v) is 6.68. The van der Waals surface area contributed by atoms with E-state index in [0.29, 0.717) is 19.6 Å². The Balaban J connectivity index is 1.90. The average molecular weight is 278 g/mol. The summed E-state index contributed by atoms with van der Waals surface area (Å²) in [4.78, 5) is 1.96. The highest BCUT2D eigenvalue weighted by Crippen LogP contribution is 2.23. The summed E-state index contributed by atoms with van der Waals surface area (Å²) >= 11 is 0. The SMILES string of the molecule is COc1ccc2oc(CNCC(O)CN(C)C)cc2c1. The van der Waals surface area contributed by atoms with Crippen LogP contribution >= 0.6 is 0 Å². The van der Waals surface area contributed by atoms with Crippen LogP contribution in [-0.4, -0.2) is 50.4 Å². The lowest BCUT2D eigenvalue weighted by atomic mass is 10.2. The highest BCUT2D eigenvalue weighted by molar-refractivity contribution is 5.79. The molecule has 1 unspecified atom stereocenters. The number of nitrogens with zero attached hydrogens (tertiary/aromatic N) is 1. The molecule has 110 valence electrons. The third kappa shape index (κ3) is 3.96. The van der Waals surface area contributed by atoms with Crippen molar-refractivity contribution >= 4 is 11.0 Å². The molecule has 0 amide bonds. The first-order valence-electron chi connectivity index (χ1n) is 6.68. The summed E-state index contributed by atoms with van der Waals surface area (Å²) in [5.41, 5.74) is 0.844. The number of rotatable bonds is 7. The summed E-state index contributed by atoms with van der Waals surface area (Å²) in [6.45, 7) is 1.78. The molecule has 20 heavy (non-hydrogen) atoms. The Bertz CT molecular complexity index is 551. The lowest BCUT2D eigenvalue weighted by Crippen LogP contribution is -2.34. The number of hydrogen-bond donors (Lipinski definition) is 2. The molecule has 0 saturated heterocycles. The fourth-order valence-electron chi connectivity index (χ4n) is 2.14. The minimum Gasteiger partial charge on any atom is -0.497 e. The van der Waals surface area contributed by atoms with Crippen LogP contribution in [0, 0.1) is 0 Å². The van der Waals surface area contributed by atoms with E-state index in [2.05, 4.69) is 5.32 Å². The van der Waals surface area contributed by atoms with Crippen LogP contribution < -0.4 is 10.1 Å². The number of likely N-dealkylation sites (N-methyl/N-ethyl adjacent to an activating group) is 1. The van der Waals surface area contributed by atoms with E-state index in [1.54, 1.807) is 7.11 Å². The number of furan rings is 1. The molecule has 0 spiro atoms. The Kier molecular flexibility index (Phi) is 5.00. The van der Waals surface area contributed by atoms with Gasteiger partial charge in [0.1, 0.15) is 17.1 Å². The van der Waals surface area contributed by atoms with Gasteiger partial charge in [-0.2, -0.15) is 0 Å². The number of ether oxygens (including phenoxy) is 1. The van der Waals surface area contributed by atoms with E-state index in [9.17, 15) is 5.11 Å². The summed E-state index contributed by atoms with van der Waals surface area (Å²) in [6, 6.07) is 7.72. The highest BCUT2D eigenvalue weighted by atomic mass is 16.5. The Morgan fingerprint density at radius 2 is 2.15 bits per heavy atom. The molecule has 5 nitrogen and oxygen atoms in total. The molecule has 0 saturated carbocycles. The van der Waals surface area contributed by atoms with Gasteiger partial charge in [0.25, 0.3) is 0 Å². The molecule has 1 heterocycles. The molecule has 1 atom stereocenters. The van der Waals surface area contributed by atoms with E-state index in [-0.39, 0.29) is 6.10 Å². The Morgan fingerprint density at radius 3 is 2.85 bits per heavy atom. The highest BCUT2D eigenvalue weighted by Gasteiger charge is 2.07. The second-order valence-electron chi connectivity index (χ2n) is 5.16. The van der Waals surface area contributed by atoms with Gasteiger partial charge in [-0.05, 0) is 38.4 Å². The number of hydrogen-bond acceptors (Lipinski definition) is 5. The van der Waals surface area contributed by atoms with Crippen LogP contribution in [0.4, 0.5) is 0 Å². The molecule has 0 fully saturated rings. The molecule has 2 N–H and O–H groups in total. The maximum absolute atomic E-state index is 9.75. The van der Waals surface area contributed by atoms with Gasteiger partial charge >= 0.3 is 0 Å². The second-order valence-corrected chi connectivity index (χ2v) is 5.16. The molecule has 0 aliphatic heterocycles. The van der Waals surface area contributed by atoms with Crippen molar-refractivity contribution in [3.8, 4) is 5.75 Å². The van der Waals surface area contributed by atoms with Gasteiger partial charge in [0.2, 0.25) is 0 Å². The molecule has 0 aliphatic rings. The molecule has 1 aromatic carbocycles. The van der Waals surface area contributed by atoms with Gasteiger partial charge in [-0.3, -0.25) is 0 Å². The predicted octanol–water partition coefficient (Wildman–Crippen LogP) is 1.45. The van der Waals surface area contributed by atoms with Crippen molar-refractivity contribution in [1.29, 1.82) is 0 Å². The number of aliphatic hydroxyl groups is 1. The van der Waals surface area contributed by atoms with Gasteiger partial charge in [-0.1, -0.05) is 0 Å². The fraction of sp³-hybridized carbons (Fsp3) is 0.467. The van der Waals surface area contributed by atoms with Crippen molar-refractivity contribution in [2.75, 3.05) is 34.3 Å². The van der Waals surface area contributed by atoms with Gasteiger partial charge in [0.15, 0.2) is 0 Å². The number of benzene rings is 1. The Morgan fingerprint density at radius 1 is 1.35 bits per heavy atom. The first kappa shape index (κ1) is 14.8. The normalized spacial score (nSPS) is 13.1. The van der Waals surface area contributed by atoms with E-state index in [1.165, 1.54) is 0 Å². The zero-order valence-corrected chi connectivity index (χ0v) is 12.2. The zero-order valence-electron chi connectivity index (χ0n) is 12.2. The van der Waals surface area contributed by atoms with Gasteiger partial charge in [-0.25, -0.2) is 0 Å². The van der Waals surface area contributed by atoms with Crippen LogP contribution in [0.15, 0.2) is 28.7 Å². The van der Waals surface area contributed by atoms with Crippen LogP contribution in [0.1, 0.15) is 5.76 Å². The topological polar surface area (TPSA) is 57.9 Å². The van der Waals surface area contributed by atoms with Gasteiger partial charge in [0.05, 0.1) is 19.8 Å². The van der Waals surface area contributed by atoms with Gasteiger partial charge in [0, 0.05) is 18.5 Å². The van der Waals surface area contributed by atoms with Crippen molar-refractivity contribution in [3.63, 3.8) is 0 Å². The van der Waals surface area contributed by atoms with Crippen molar-refractivity contribution in [1.82, 2.24) is 10.2 Å². The molecule has 5 heteroatoms. The third-order valence-electron chi connectivity index (χ3n) is 3.03. The molecular weight excluding hydrogens is 256 g/mol. The summed E-state index contributed by atoms with van der Waals surface area (Å²) < 4.78 is 10.9. The van der Waals surface area contributed by atoms with Crippen molar-refractivity contribution in [2.24, 2.45) is 0 Å². The maximum Gasteiger partial charge on any atom is 0.134 e. The van der Waals surface area contributed by atoms with E-state index in [1.807, 2.05) is 43.3 Å². The fourth-order valence-corrected chi connectivity index (χ4v) is 2.14. The summed E-state index contributed by atoms with van der Waals surface area (Å²) in [5.74, 6) is 1.67. The lowest BCUT2D eigenvalue weighted by molar-refractivity contribution is 0.134. The van der Waals surface area contributed by atoms with Crippen molar-refractivity contribution < 1.29 is 14.3 Å². The molecule has 1 aromatic heterocycles. The van der Waals surface area contributed by atoms with Crippen LogP contribution in [-0.2, 0) is 6.54 Å². The zero-order chi connectivity index (χ0) is 14.5. The van der Waals surface area contributed by atoms with Crippen molar-refractivity contribution in [3.05, 3.63) is 30.0 Å². The summed E-state index contributed by atoms with van der Waals surface area (Å²) in [5, 5.41) is 14.0. The quantitative estimate of drug-likeness (QED) is 0.803. The number of nitrogens with one attached hydrogen (secondary N) is 1. The van der Waals surface area contributed by atoms with E-state index < -0.39 is 0 Å². The molecule has 2 aromatic rings. The Labute approximate surface area is 119 Å². The van der Waals surface area contributed by atoms with Crippen LogP contribution in [0.2, 0.25) is 0 Å². The largest absolute Gasteiger partial charge is 0.497 e. The molecule has 2 rings (SSSR count). The third-order valence-corrected chi connectivity index (χ3v) is 3.03. The molecule has 0 radical (unpaired) electrons. The van der Waals surface area contributed by atoms with Crippen LogP contribution in [0.3, 0.4) is 0 Å². The standard InChI is InChI=1S/C15H22N2O3/c1-17(2)10-12(18)8-16-9-14-7-11-6-13(19-3)4-5-15(11)20-14/h4-7,12,16,18H,8-10H2,1-3H3. The summed E-state index contributed by atoms with van der Waals surface area (Å²) in [6.07, 6.45) is -0.380. The van der Waals surface area contributed by atoms with Gasteiger partial charge < -0.3 is 24.5 Å². The minimum absolute atomic E-state index is 0.380. The first-order chi connectivity index (χ1) is 9.58. The minimum atomic E-state index is -0.380. The van der Waals surface area contributed by atoms with Gasteiger partial charge in [-0.15, -0.1) is 0 Å². The molecule has 0 bridgehead atoms. The van der Waals surface area contributed by atoms with E-state index >= 15 is 0 Å². The number of aliphatic hydroxyl groups excluding tert-OH is 1. The van der Waals surface area contributed by atoms with Crippen LogP contribution in [0.25, 0.3) is 11.0 Å². The lowest BCUT2D eigenvalue weighted by Gasteiger charge is -2.15. The van der Waals surface area contributed by atoms with Crippen molar-refractivity contribution in [2.45, 2.75) is 12.6 Å². The molecular formula is C15H22N2O3.